The van der Waals surface area contributed by atoms with Gasteiger partial charge < -0.3 is 4.57 Å². The number of aromatic nitrogens is 2. The van der Waals surface area contributed by atoms with Crippen LogP contribution in [0.4, 0.5) is 0 Å². The Hall–Kier alpha value is -1.20. The highest BCUT2D eigenvalue weighted by molar-refractivity contribution is 7.81. The normalized spacial score (nSPS) is 18.6. The Bertz CT molecular complexity index is 824. The van der Waals surface area contributed by atoms with Crippen molar-refractivity contribution < 1.29 is 0 Å². The highest BCUT2D eigenvalue weighted by Crippen LogP contribution is 2.34. The first-order valence-electron chi connectivity index (χ1n) is 6.45. The van der Waals surface area contributed by atoms with E-state index in [4.69, 9.17) is 47.0 Å². The maximum Gasteiger partial charge on any atom is 0.129 e. The van der Waals surface area contributed by atoms with Gasteiger partial charge in [-0.3, -0.25) is 4.99 Å². The van der Waals surface area contributed by atoms with E-state index in [0.29, 0.717) is 26.6 Å². The minimum absolute atomic E-state index is 0.332. The first-order chi connectivity index (χ1) is 10.6. The van der Waals surface area contributed by atoms with Crippen molar-refractivity contribution in [3.63, 3.8) is 0 Å². The van der Waals surface area contributed by atoms with E-state index in [1.807, 2.05) is 35.0 Å². The SMILES string of the molecule is S=C1C(Cl)=C(Cl)C1N=c1ccccn1Cc1ccc(Cl)nc1. The lowest BCUT2D eigenvalue weighted by molar-refractivity contribution is 0.722. The molecule has 0 saturated carbocycles. The van der Waals surface area contributed by atoms with Gasteiger partial charge in [-0.2, -0.15) is 0 Å². The second-order valence-electron chi connectivity index (χ2n) is 4.73. The van der Waals surface area contributed by atoms with Crippen LogP contribution in [0.15, 0.2) is 57.8 Å². The maximum atomic E-state index is 6.07. The van der Waals surface area contributed by atoms with Crippen LogP contribution in [0.5, 0.6) is 0 Å². The van der Waals surface area contributed by atoms with E-state index < -0.39 is 0 Å². The Balaban J connectivity index is 1.94. The molecule has 0 radical (unpaired) electrons. The second kappa shape index (κ2) is 6.50. The molecule has 0 spiro atoms. The lowest BCUT2D eigenvalue weighted by Crippen LogP contribution is -2.33. The van der Waals surface area contributed by atoms with Crippen molar-refractivity contribution in [2.45, 2.75) is 12.6 Å². The Kier molecular flexibility index (Phi) is 4.64. The highest BCUT2D eigenvalue weighted by atomic mass is 35.5. The van der Waals surface area contributed by atoms with Gasteiger partial charge in [0.1, 0.15) is 16.7 Å². The molecule has 0 saturated heterocycles. The molecule has 1 aliphatic rings. The van der Waals surface area contributed by atoms with Gasteiger partial charge in [0, 0.05) is 12.4 Å². The van der Waals surface area contributed by atoms with Crippen LogP contribution in [0, 0.1) is 0 Å². The molecular weight excluding hydrogens is 361 g/mol. The van der Waals surface area contributed by atoms with E-state index in [1.54, 1.807) is 12.3 Å². The van der Waals surface area contributed by atoms with Crippen LogP contribution in [-0.4, -0.2) is 20.5 Å². The van der Waals surface area contributed by atoms with Crippen molar-refractivity contribution in [3.8, 4) is 0 Å². The van der Waals surface area contributed by atoms with E-state index in [9.17, 15) is 0 Å². The topological polar surface area (TPSA) is 30.2 Å². The monoisotopic (exact) mass is 369 g/mol. The molecule has 3 rings (SSSR count). The summed E-state index contributed by atoms with van der Waals surface area (Å²) in [7, 11) is 0. The molecule has 112 valence electrons. The fourth-order valence-corrected chi connectivity index (χ4v) is 3.04. The van der Waals surface area contributed by atoms with Gasteiger partial charge in [0.2, 0.25) is 0 Å². The van der Waals surface area contributed by atoms with Gasteiger partial charge in [0.25, 0.3) is 0 Å². The fourth-order valence-electron chi connectivity index (χ4n) is 2.06. The lowest BCUT2D eigenvalue weighted by atomic mass is 10.0. The van der Waals surface area contributed by atoms with Crippen LogP contribution in [0.2, 0.25) is 5.15 Å². The molecule has 0 amide bonds. The first kappa shape index (κ1) is 15.7. The van der Waals surface area contributed by atoms with Crippen LogP contribution in [0.1, 0.15) is 5.56 Å². The zero-order valence-corrected chi connectivity index (χ0v) is 14.3. The summed E-state index contributed by atoms with van der Waals surface area (Å²) in [4.78, 5) is 9.25. The van der Waals surface area contributed by atoms with Crippen LogP contribution in [0.25, 0.3) is 0 Å². The van der Waals surface area contributed by atoms with Crippen LogP contribution < -0.4 is 5.49 Å². The molecule has 2 aromatic heterocycles. The molecule has 2 aromatic rings. The van der Waals surface area contributed by atoms with Gasteiger partial charge in [-0.1, -0.05) is 59.2 Å². The van der Waals surface area contributed by atoms with Crippen LogP contribution in [-0.2, 0) is 6.54 Å². The smallest absolute Gasteiger partial charge is 0.129 e. The summed E-state index contributed by atoms with van der Waals surface area (Å²) < 4.78 is 1.99. The van der Waals surface area contributed by atoms with Crippen molar-refractivity contribution in [1.29, 1.82) is 0 Å². The van der Waals surface area contributed by atoms with Crippen LogP contribution >= 0.6 is 47.0 Å². The minimum Gasteiger partial charge on any atom is -0.329 e. The number of nitrogens with zero attached hydrogens (tertiary/aromatic N) is 3. The summed E-state index contributed by atoms with van der Waals surface area (Å²) >= 11 is 23.0. The average Bonchev–Trinajstić information content (AvgIpc) is 2.55. The van der Waals surface area contributed by atoms with Crippen molar-refractivity contribution >= 4 is 51.9 Å². The molecule has 0 N–H and O–H groups in total. The maximum absolute atomic E-state index is 6.07. The Morgan fingerprint density at radius 2 is 2.00 bits per heavy atom. The van der Waals surface area contributed by atoms with Crippen molar-refractivity contribution in [2.75, 3.05) is 0 Å². The van der Waals surface area contributed by atoms with Gasteiger partial charge in [0.05, 0.1) is 21.5 Å². The lowest BCUT2D eigenvalue weighted by Gasteiger charge is -2.23. The molecule has 7 heteroatoms. The molecule has 0 aromatic carbocycles. The number of hydrogen-bond acceptors (Lipinski definition) is 3. The third-order valence-electron chi connectivity index (χ3n) is 3.23. The molecule has 0 aliphatic heterocycles. The Labute approximate surface area is 147 Å². The second-order valence-corrected chi connectivity index (χ2v) is 6.35. The van der Waals surface area contributed by atoms with Gasteiger partial charge in [-0.25, -0.2) is 4.98 Å². The molecule has 1 atom stereocenters. The quantitative estimate of drug-likeness (QED) is 0.605. The third-order valence-corrected chi connectivity index (χ3v) is 4.90. The van der Waals surface area contributed by atoms with E-state index in [1.165, 1.54) is 0 Å². The van der Waals surface area contributed by atoms with Gasteiger partial charge >= 0.3 is 0 Å². The molecule has 1 unspecified atom stereocenters. The summed E-state index contributed by atoms with van der Waals surface area (Å²) in [5.74, 6) is 0. The van der Waals surface area contributed by atoms with Crippen molar-refractivity contribution in [1.82, 2.24) is 9.55 Å². The van der Waals surface area contributed by atoms with Crippen molar-refractivity contribution in [2.24, 2.45) is 4.99 Å². The average molecular weight is 371 g/mol. The summed E-state index contributed by atoms with van der Waals surface area (Å²) in [6.45, 7) is 0.623. The number of halogens is 3. The van der Waals surface area contributed by atoms with Gasteiger partial charge in [0.15, 0.2) is 0 Å². The van der Waals surface area contributed by atoms with Crippen molar-refractivity contribution in [3.05, 3.63) is 69.0 Å². The van der Waals surface area contributed by atoms with E-state index in [-0.39, 0.29) is 6.04 Å². The first-order valence-corrected chi connectivity index (χ1v) is 7.99. The molecular formula is C15H10Cl3N3S. The predicted molar refractivity (Wildman–Crippen MR) is 93.5 cm³/mol. The number of rotatable bonds is 3. The highest BCUT2D eigenvalue weighted by Gasteiger charge is 2.33. The number of thiocarbonyl (C=S) groups is 1. The number of pyridine rings is 2. The van der Waals surface area contributed by atoms with E-state index >= 15 is 0 Å². The van der Waals surface area contributed by atoms with Gasteiger partial charge in [-0.15, -0.1) is 0 Å². The molecule has 22 heavy (non-hydrogen) atoms. The van der Waals surface area contributed by atoms with Crippen LogP contribution in [0.3, 0.4) is 0 Å². The van der Waals surface area contributed by atoms with E-state index in [0.717, 1.165) is 11.1 Å². The van der Waals surface area contributed by atoms with Gasteiger partial charge in [-0.05, 0) is 23.8 Å². The molecule has 0 bridgehead atoms. The molecule has 2 heterocycles. The number of hydrogen-bond donors (Lipinski definition) is 0. The Morgan fingerprint density at radius 3 is 2.68 bits per heavy atom. The predicted octanol–water partition coefficient (Wildman–Crippen LogP) is 3.93. The molecule has 0 fully saturated rings. The fraction of sp³-hybridized carbons (Fsp3) is 0.133. The summed E-state index contributed by atoms with van der Waals surface area (Å²) in [6, 6.07) is 9.11. The third kappa shape index (κ3) is 3.10. The zero-order chi connectivity index (χ0) is 15.7. The molecule has 1 aliphatic carbocycles. The minimum atomic E-state index is -0.332. The molecule has 3 nitrogen and oxygen atoms in total. The summed E-state index contributed by atoms with van der Waals surface area (Å²) in [5, 5.41) is 1.41. The summed E-state index contributed by atoms with van der Waals surface area (Å²) in [6.07, 6.45) is 3.68. The summed E-state index contributed by atoms with van der Waals surface area (Å²) in [5.41, 5.74) is 1.79. The zero-order valence-electron chi connectivity index (χ0n) is 11.2. The largest absolute Gasteiger partial charge is 0.329 e. The van der Waals surface area contributed by atoms with E-state index in [2.05, 4.69) is 9.98 Å². The standard InChI is InChI=1S/C15H10Cl3N3S/c16-10-5-4-9(7-19-10)8-21-6-2-1-3-11(21)20-14-12(17)13(18)15(14)22/h1-7,14H,8H2. The Morgan fingerprint density at radius 1 is 1.18 bits per heavy atom.